The molecule has 4 N–H and O–H groups in total. The zero-order valence-electron chi connectivity index (χ0n) is 12.8. The third-order valence-corrected chi connectivity index (χ3v) is 3.11. The van der Waals surface area contributed by atoms with Gasteiger partial charge in [0.05, 0.1) is 26.9 Å². The van der Waals surface area contributed by atoms with Crippen LogP contribution in [0.15, 0.2) is 12.1 Å². The Labute approximate surface area is 140 Å². The molecule has 0 spiro atoms. The molecule has 0 heterocycles. The van der Waals surface area contributed by atoms with Gasteiger partial charge in [-0.25, -0.2) is 4.79 Å². The number of nitrogens with two attached hydrogens (primary N) is 2. The summed E-state index contributed by atoms with van der Waals surface area (Å²) in [6.45, 7) is 0.376. The van der Waals surface area contributed by atoms with Crippen LogP contribution in [-0.4, -0.2) is 33.3 Å². The Balaban J connectivity index is 3.23. The minimum atomic E-state index is -1.18. The number of carbonyl (C=O) groups excluding carboxylic acids is 1. The molecule has 25 heavy (non-hydrogen) atoms. The van der Waals surface area contributed by atoms with E-state index in [-0.39, 0.29) is 6.42 Å². The highest BCUT2D eigenvalue weighted by atomic mass is 16.6. The number of unbranched alkanes of at least 4 members (excludes halogenated alkanes) is 1. The van der Waals surface area contributed by atoms with Gasteiger partial charge in [-0.05, 0) is 19.4 Å². The first kappa shape index (κ1) is 19.9. The Morgan fingerprint density at radius 1 is 1.04 bits per heavy atom. The zero-order valence-corrected chi connectivity index (χ0v) is 12.8. The third-order valence-electron chi connectivity index (χ3n) is 3.11. The summed E-state index contributed by atoms with van der Waals surface area (Å²) in [5, 5.41) is 32.9. The van der Waals surface area contributed by atoms with Crippen LogP contribution < -0.4 is 16.2 Å². The summed E-state index contributed by atoms with van der Waals surface area (Å²) in [5.74, 6) is -2.13. The first-order valence-corrected chi connectivity index (χ1v) is 6.97. The molecule has 0 radical (unpaired) electrons. The van der Waals surface area contributed by atoms with Gasteiger partial charge in [-0.1, -0.05) is 6.42 Å². The molecule has 0 aromatic heterocycles. The largest absolute Gasteiger partial charge is 0.411 e. The fraction of sp³-hybridized carbons (Fsp3) is 0.417. The van der Waals surface area contributed by atoms with Gasteiger partial charge in [0.1, 0.15) is 6.04 Å². The summed E-state index contributed by atoms with van der Waals surface area (Å²) >= 11 is 0. The summed E-state index contributed by atoms with van der Waals surface area (Å²) in [7, 11) is 0. The maximum Gasteiger partial charge on any atom is 0.328 e. The van der Waals surface area contributed by atoms with Crippen molar-refractivity contribution in [1.82, 2.24) is 0 Å². The van der Waals surface area contributed by atoms with Crippen LogP contribution >= 0.6 is 0 Å². The standard InChI is InChI=1S/C12H15N5O8/c13-4-2-1-3-8(14)12(18)25-11-9(16(21)22)5-7(15(19)20)6-10(11)17(23)24/h5-6,8H,1-4,13-14H2/t8-/m0/s1. The molecule has 1 aromatic rings. The van der Waals surface area contributed by atoms with Gasteiger partial charge in [-0.2, -0.15) is 0 Å². The van der Waals surface area contributed by atoms with Crippen molar-refractivity contribution in [2.24, 2.45) is 11.5 Å². The lowest BCUT2D eigenvalue weighted by atomic mass is 10.1. The van der Waals surface area contributed by atoms with Gasteiger partial charge >= 0.3 is 17.3 Å². The van der Waals surface area contributed by atoms with E-state index < -0.39 is 49.6 Å². The van der Waals surface area contributed by atoms with Crippen molar-refractivity contribution >= 4 is 23.0 Å². The van der Waals surface area contributed by atoms with Gasteiger partial charge in [-0.3, -0.25) is 30.3 Å². The lowest BCUT2D eigenvalue weighted by molar-refractivity contribution is -0.404. The predicted octanol–water partition coefficient (Wildman–Crippen LogP) is 0.773. The van der Waals surface area contributed by atoms with E-state index in [1.807, 2.05) is 0 Å². The van der Waals surface area contributed by atoms with Gasteiger partial charge in [0.15, 0.2) is 0 Å². The molecule has 0 aliphatic rings. The van der Waals surface area contributed by atoms with Crippen LogP contribution in [0.1, 0.15) is 19.3 Å². The second kappa shape index (κ2) is 8.60. The first-order valence-electron chi connectivity index (χ1n) is 6.97. The molecule has 0 bridgehead atoms. The van der Waals surface area contributed by atoms with Crippen LogP contribution in [0.3, 0.4) is 0 Å². The van der Waals surface area contributed by atoms with E-state index in [1.165, 1.54) is 0 Å². The molecular formula is C12H15N5O8. The third kappa shape index (κ3) is 5.15. The molecule has 1 atom stereocenters. The van der Waals surface area contributed by atoms with E-state index in [0.29, 0.717) is 31.5 Å². The average Bonchev–Trinajstić information content (AvgIpc) is 2.54. The van der Waals surface area contributed by atoms with Crippen molar-refractivity contribution in [2.75, 3.05) is 6.54 Å². The summed E-state index contributed by atoms with van der Waals surface area (Å²) < 4.78 is 4.73. The molecule has 13 nitrogen and oxygen atoms in total. The Hall–Kier alpha value is -3.19. The van der Waals surface area contributed by atoms with Crippen molar-refractivity contribution in [1.29, 1.82) is 0 Å². The number of nitro groups is 3. The van der Waals surface area contributed by atoms with Crippen molar-refractivity contribution in [3.05, 3.63) is 42.5 Å². The maximum atomic E-state index is 11.9. The topological polar surface area (TPSA) is 208 Å². The Kier molecular flexibility index (Phi) is 6.83. The number of hydrogen-bond acceptors (Lipinski definition) is 10. The highest BCUT2D eigenvalue weighted by molar-refractivity contribution is 5.81. The van der Waals surface area contributed by atoms with E-state index in [2.05, 4.69) is 0 Å². The van der Waals surface area contributed by atoms with Gasteiger partial charge in [-0.15, -0.1) is 0 Å². The number of nitrogens with zero attached hydrogens (tertiary/aromatic N) is 3. The Bertz CT molecular complexity index is 672. The summed E-state index contributed by atoms with van der Waals surface area (Å²) in [5.41, 5.74) is 7.83. The maximum absolute atomic E-state index is 11.9. The van der Waals surface area contributed by atoms with E-state index in [9.17, 15) is 35.1 Å². The van der Waals surface area contributed by atoms with Crippen molar-refractivity contribution in [2.45, 2.75) is 25.3 Å². The molecule has 0 saturated carbocycles. The number of benzene rings is 1. The number of nitro benzene ring substituents is 3. The van der Waals surface area contributed by atoms with Crippen molar-refractivity contribution in [3.8, 4) is 5.75 Å². The van der Waals surface area contributed by atoms with E-state index in [4.69, 9.17) is 16.2 Å². The summed E-state index contributed by atoms with van der Waals surface area (Å²) in [6.07, 6.45) is 1.22. The first-order chi connectivity index (χ1) is 11.7. The molecule has 1 aromatic carbocycles. The van der Waals surface area contributed by atoms with E-state index in [1.54, 1.807) is 0 Å². The number of carbonyl (C=O) groups is 1. The molecule has 0 aliphatic carbocycles. The monoisotopic (exact) mass is 357 g/mol. The smallest absolute Gasteiger partial charge is 0.328 e. The second-order valence-electron chi connectivity index (χ2n) is 4.90. The van der Waals surface area contributed by atoms with Crippen LogP contribution in [0.25, 0.3) is 0 Å². The summed E-state index contributed by atoms with van der Waals surface area (Å²) in [6, 6.07) is -0.244. The van der Waals surface area contributed by atoms with Crippen LogP contribution in [0.2, 0.25) is 0 Å². The lowest BCUT2D eigenvalue weighted by Gasteiger charge is -2.11. The average molecular weight is 357 g/mol. The number of non-ortho nitro benzene ring substituents is 1. The number of rotatable bonds is 9. The predicted molar refractivity (Wildman–Crippen MR) is 82.9 cm³/mol. The fourth-order valence-corrected chi connectivity index (χ4v) is 1.87. The zero-order chi connectivity index (χ0) is 19.1. The molecule has 1 rings (SSSR count). The van der Waals surface area contributed by atoms with Gasteiger partial charge in [0, 0.05) is 0 Å². The number of esters is 1. The molecule has 0 saturated heterocycles. The van der Waals surface area contributed by atoms with Crippen LogP contribution in [-0.2, 0) is 4.79 Å². The molecule has 13 heteroatoms. The summed E-state index contributed by atoms with van der Waals surface area (Å²) in [4.78, 5) is 41.5. The number of hydrogen-bond donors (Lipinski definition) is 2. The number of ether oxygens (including phenoxy) is 1. The Morgan fingerprint density at radius 3 is 1.96 bits per heavy atom. The van der Waals surface area contributed by atoms with Crippen LogP contribution in [0.4, 0.5) is 17.1 Å². The molecule has 0 aliphatic heterocycles. The van der Waals surface area contributed by atoms with E-state index >= 15 is 0 Å². The highest BCUT2D eigenvalue weighted by Crippen LogP contribution is 2.40. The van der Waals surface area contributed by atoms with Crippen LogP contribution in [0.5, 0.6) is 5.75 Å². The second-order valence-corrected chi connectivity index (χ2v) is 4.90. The normalized spacial score (nSPS) is 11.6. The molecule has 136 valence electrons. The molecule has 0 unspecified atom stereocenters. The molecule has 0 amide bonds. The SMILES string of the molecule is NCCCC[C@H](N)C(=O)Oc1c([N+](=O)[O-])cc([N+](=O)[O-])cc1[N+](=O)[O-]. The minimum Gasteiger partial charge on any atom is -0.411 e. The highest BCUT2D eigenvalue weighted by Gasteiger charge is 2.34. The molecular weight excluding hydrogens is 342 g/mol. The fourth-order valence-electron chi connectivity index (χ4n) is 1.87. The van der Waals surface area contributed by atoms with Crippen molar-refractivity contribution < 1.29 is 24.3 Å². The lowest BCUT2D eigenvalue weighted by Crippen LogP contribution is -2.34. The Morgan fingerprint density at radius 2 is 1.56 bits per heavy atom. The quantitative estimate of drug-likeness (QED) is 0.208. The van der Waals surface area contributed by atoms with Gasteiger partial charge in [0.25, 0.3) is 11.4 Å². The molecule has 0 fully saturated rings. The van der Waals surface area contributed by atoms with Gasteiger partial charge in [0.2, 0.25) is 0 Å². The van der Waals surface area contributed by atoms with E-state index in [0.717, 1.165) is 0 Å². The van der Waals surface area contributed by atoms with Gasteiger partial charge < -0.3 is 16.2 Å². The minimum absolute atomic E-state index is 0.157. The van der Waals surface area contributed by atoms with Crippen LogP contribution in [0, 0.1) is 30.3 Å². The van der Waals surface area contributed by atoms with Crippen molar-refractivity contribution in [3.63, 3.8) is 0 Å².